The van der Waals surface area contributed by atoms with E-state index in [9.17, 15) is 4.55 Å². The second kappa shape index (κ2) is 9.30. The summed E-state index contributed by atoms with van der Waals surface area (Å²) in [5, 5.41) is 0.683. The summed E-state index contributed by atoms with van der Waals surface area (Å²) in [4.78, 5) is 11.4. The third kappa shape index (κ3) is 4.72. The normalized spacial score (nSPS) is 21.3. The predicted molar refractivity (Wildman–Crippen MR) is 129 cm³/mol. The molecule has 5 nitrogen and oxygen atoms in total. The SMILES string of the molecule is Cc1nc(N2CCC3(CC2)Cc2ccccc2[C@H]3N[S+]([O-])C(C)(C)C)cnc1S.[NaH]. The van der Waals surface area contributed by atoms with Gasteiger partial charge in [0.05, 0.1) is 17.9 Å². The molecule has 1 aliphatic heterocycles. The van der Waals surface area contributed by atoms with Crippen molar-refractivity contribution >= 4 is 59.4 Å². The van der Waals surface area contributed by atoms with Gasteiger partial charge in [0, 0.05) is 29.9 Å². The molecule has 1 N–H and O–H groups in total. The maximum absolute atomic E-state index is 13.0. The fourth-order valence-electron chi connectivity index (χ4n) is 4.52. The quantitative estimate of drug-likeness (QED) is 0.423. The van der Waals surface area contributed by atoms with Crippen LogP contribution < -0.4 is 9.62 Å². The first-order chi connectivity index (χ1) is 13.7. The number of thiol groups is 1. The van der Waals surface area contributed by atoms with Crippen LogP contribution in [-0.2, 0) is 17.8 Å². The molecule has 1 aliphatic carbocycles. The minimum atomic E-state index is -1.11. The molecule has 1 unspecified atom stereocenters. The van der Waals surface area contributed by atoms with Crippen LogP contribution in [0.1, 0.15) is 56.5 Å². The number of piperidine rings is 1. The van der Waals surface area contributed by atoms with E-state index in [1.807, 2.05) is 33.9 Å². The van der Waals surface area contributed by atoms with E-state index < -0.39 is 11.4 Å². The Bertz CT molecular complexity index is 897. The molecule has 30 heavy (non-hydrogen) atoms. The molecule has 8 heteroatoms. The van der Waals surface area contributed by atoms with Crippen molar-refractivity contribution in [1.29, 1.82) is 0 Å². The Labute approximate surface area is 210 Å². The Morgan fingerprint density at radius 1 is 1.23 bits per heavy atom. The maximum atomic E-state index is 13.0. The molecule has 0 bridgehead atoms. The molecular formula is C22H31N4NaOS2. The Kier molecular flexibility index (Phi) is 7.55. The number of anilines is 1. The Hall–Kier alpha value is -0.280. The van der Waals surface area contributed by atoms with E-state index in [2.05, 4.69) is 56.5 Å². The topological polar surface area (TPSA) is 64.1 Å². The van der Waals surface area contributed by atoms with Gasteiger partial charge in [-0.25, -0.2) is 9.97 Å². The van der Waals surface area contributed by atoms with Gasteiger partial charge in [-0.3, -0.25) is 0 Å². The summed E-state index contributed by atoms with van der Waals surface area (Å²) in [6, 6.07) is 8.76. The number of rotatable bonds is 3. The van der Waals surface area contributed by atoms with E-state index in [0.29, 0.717) is 5.03 Å². The molecule has 1 aromatic carbocycles. The third-order valence-electron chi connectivity index (χ3n) is 6.29. The van der Waals surface area contributed by atoms with Crippen molar-refractivity contribution in [3.63, 3.8) is 0 Å². The summed E-state index contributed by atoms with van der Waals surface area (Å²) in [6.45, 7) is 9.87. The fraction of sp³-hybridized carbons (Fsp3) is 0.545. The van der Waals surface area contributed by atoms with Crippen molar-refractivity contribution in [2.24, 2.45) is 5.41 Å². The van der Waals surface area contributed by atoms with Gasteiger partial charge in [-0.2, -0.15) is 0 Å². The van der Waals surface area contributed by atoms with Crippen LogP contribution in [0.5, 0.6) is 0 Å². The molecule has 0 amide bonds. The van der Waals surface area contributed by atoms with E-state index in [-0.39, 0.29) is 45.8 Å². The number of nitrogens with zero attached hydrogens (tertiary/aromatic N) is 3. The summed E-state index contributed by atoms with van der Waals surface area (Å²) >= 11 is 3.23. The van der Waals surface area contributed by atoms with Crippen LogP contribution in [0.2, 0.25) is 0 Å². The van der Waals surface area contributed by atoms with Crippen LogP contribution in [0.25, 0.3) is 0 Å². The van der Waals surface area contributed by atoms with Gasteiger partial charge in [0.1, 0.15) is 15.6 Å². The van der Waals surface area contributed by atoms with E-state index in [1.54, 1.807) is 0 Å². The molecule has 2 atom stereocenters. The number of aryl methyl sites for hydroxylation is 1. The van der Waals surface area contributed by atoms with Gasteiger partial charge in [0.15, 0.2) is 0 Å². The van der Waals surface area contributed by atoms with Crippen LogP contribution in [0.4, 0.5) is 5.82 Å². The van der Waals surface area contributed by atoms with E-state index >= 15 is 0 Å². The molecule has 0 radical (unpaired) electrons. The van der Waals surface area contributed by atoms with Crippen molar-refractivity contribution in [1.82, 2.24) is 14.7 Å². The third-order valence-corrected chi connectivity index (χ3v) is 8.29. The molecule has 4 rings (SSSR count). The van der Waals surface area contributed by atoms with Crippen LogP contribution in [0.3, 0.4) is 0 Å². The predicted octanol–water partition coefficient (Wildman–Crippen LogP) is 3.36. The molecule has 1 spiro atoms. The Morgan fingerprint density at radius 2 is 1.90 bits per heavy atom. The van der Waals surface area contributed by atoms with Crippen LogP contribution in [-0.4, -0.2) is 61.9 Å². The van der Waals surface area contributed by atoms with E-state index in [0.717, 1.165) is 43.9 Å². The average molecular weight is 455 g/mol. The first kappa shape index (κ1) is 24.4. The summed E-state index contributed by atoms with van der Waals surface area (Å²) in [7, 11) is 0. The van der Waals surface area contributed by atoms with Crippen LogP contribution in [0, 0.1) is 12.3 Å². The zero-order valence-corrected chi connectivity index (χ0v) is 19.3. The number of aromatic nitrogens is 2. The number of fused-ring (bicyclic) bond motifs is 1. The Balaban J connectivity index is 0.00000256. The summed E-state index contributed by atoms with van der Waals surface area (Å²) in [5.41, 5.74) is 3.65. The van der Waals surface area contributed by atoms with Crippen molar-refractivity contribution in [3.05, 3.63) is 47.3 Å². The first-order valence-corrected chi connectivity index (χ1v) is 11.8. The Morgan fingerprint density at radius 3 is 2.53 bits per heavy atom. The first-order valence-electron chi connectivity index (χ1n) is 10.2. The van der Waals surface area contributed by atoms with Gasteiger partial charge >= 0.3 is 29.6 Å². The molecule has 2 aliphatic rings. The molecule has 158 valence electrons. The number of hydrogen-bond donors (Lipinski definition) is 2. The molecule has 2 aromatic rings. The summed E-state index contributed by atoms with van der Waals surface area (Å²) < 4.78 is 16.2. The summed E-state index contributed by atoms with van der Waals surface area (Å²) in [5.74, 6) is 0.924. The van der Waals surface area contributed by atoms with Crippen molar-refractivity contribution in [3.8, 4) is 0 Å². The van der Waals surface area contributed by atoms with Crippen LogP contribution in [0.15, 0.2) is 35.5 Å². The summed E-state index contributed by atoms with van der Waals surface area (Å²) in [6.07, 6.45) is 4.92. The fourth-order valence-corrected chi connectivity index (χ4v) is 5.57. The van der Waals surface area contributed by atoms with Gasteiger partial charge in [0.25, 0.3) is 0 Å². The molecule has 2 heterocycles. The van der Waals surface area contributed by atoms with Crippen molar-refractivity contribution < 1.29 is 4.55 Å². The standard InChI is InChI=1S/C22H30N4OS2.Na.H/c1-15-20(28)23-14-18(24-15)26-11-9-22(10-12-26)13-16-7-5-6-8-17(16)19(22)25-29(27)21(2,3)4;;/h5-8,14,19,25H,9-13H2,1-4H3,(H,23,28);;/t19-,29?;;/m1../s1. The zero-order chi connectivity index (χ0) is 20.8. The average Bonchev–Trinajstić information content (AvgIpc) is 2.97. The number of nitrogens with one attached hydrogen (secondary N) is 1. The van der Waals surface area contributed by atoms with Gasteiger partial charge in [-0.05, 0) is 58.1 Å². The molecule has 1 aromatic heterocycles. The van der Waals surface area contributed by atoms with Gasteiger partial charge in [0.2, 0.25) is 0 Å². The zero-order valence-electron chi connectivity index (χ0n) is 17.6. The second-order valence-electron chi connectivity index (χ2n) is 9.29. The second-order valence-corrected chi connectivity index (χ2v) is 11.7. The monoisotopic (exact) mass is 454 g/mol. The van der Waals surface area contributed by atoms with Gasteiger partial charge in [-0.15, -0.1) is 17.4 Å². The molecule has 1 saturated heterocycles. The van der Waals surface area contributed by atoms with E-state index in [4.69, 9.17) is 0 Å². The van der Waals surface area contributed by atoms with Crippen molar-refractivity contribution in [2.75, 3.05) is 18.0 Å². The molecule has 1 fully saturated rings. The number of hydrogen-bond acceptors (Lipinski definition) is 6. The minimum absolute atomic E-state index is 0. The van der Waals surface area contributed by atoms with E-state index in [1.165, 1.54) is 11.1 Å². The van der Waals surface area contributed by atoms with Gasteiger partial charge < -0.3 is 9.45 Å². The number of benzene rings is 1. The molecule has 0 saturated carbocycles. The van der Waals surface area contributed by atoms with Crippen LogP contribution >= 0.6 is 12.6 Å². The molecular weight excluding hydrogens is 423 g/mol. The van der Waals surface area contributed by atoms with Crippen molar-refractivity contribution in [2.45, 2.75) is 62.8 Å². The van der Waals surface area contributed by atoms with Gasteiger partial charge in [-0.1, -0.05) is 24.3 Å².